The van der Waals surface area contributed by atoms with Crippen LogP contribution in [-0.4, -0.2) is 15.7 Å². The van der Waals surface area contributed by atoms with Crippen molar-refractivity contribution in [2.45, 2.75) is 6.54 Å². The van der Waals surface area contributed by atoms with E-state index in [1.165, 1.54) is 6.07 Å². The summed E-state index contributed by atoms with van der Waals surface area (Å²) in [6, 6.07) is 22.3. The minimum Gasteiger partial charge on any atom is -0.322 e. The van der Waals surface area contributed by atoms with Crippen molar-refractivity contribution in [3.8, 4) is 11.3 Å². The number of hydrogen-bond acceptors (Lipinski definition) is 2. The third-order valence-electron chi connectivity index (χ3n) is 4.42. The van der Waals surface area contributed by atoms with Crippen molar-refractivity contribution in [2.24, 2.45) is 0 Å². The minimum absolute atomic E-state index is 0.170. The maximum atomic E-state index is 13.5. The number of nitrogens with one attached hydrogen (secondary N) is 1. The van der Waals surface area contributed by atoms with Crippen LogP contribution in [0.25, 0.3) is 11.3 Å². The van der Waals surface area contributed by atoms with Gasteiger partial charge in [0, 0.05) is 23.5 Å². The lowest BCUT2D eigenvalue weighted by molar-refractivity contribution is 0.102. The van der Waals surface area contributed by atoms with Gasteiger partial charge in [-0.05, 0) is 17.7 Å². The molecule has 29 heavy (non-hydrogen) atoms. The number of aromatic nitrogens is 2. The molecule has 0 aliphatic carbocycles. The van der Waals surface area contributed by atoms with Gasteiger partial charge in [-0.15, -0.1) is 0 Å². The molecule has 0 fully saturated rings. The number of benzene rings is 3. The highest BCUT2D eigenvalue weighted by Crippen LogP contribution is 2.24. The molecular weight excluding hydrogens is 372 g/mol. The Balaban J connectivity index is 1.68. The van der Waals surface area contributed by atoms with Gasteiger partial charge >= 0.3 is 0 Å². The van der Waals surface area contributed by atoms with Crippen LogP contribution >= 0.6 is 0 Å². The van der Waals surface area contributed by atoms with Gasteiger partial charge in [-0.2, -0.15) is 5.10 Å². The van der Waals surface area contributed by atoms with Crippen LogP contribution in [0.2, 0.25) is 0 Å². The second-order valence-corrected chi connectivity index (χ2v) is 6.52. The summed E-state index contributed by atoms with van der Waals surface area (Å²) in [5, 5.41) is 7.21. The third kappa shape index (κ3) is 4.21. The molecule has 1 heterocycles. The molecule has 0 aliphatic heterocycles. The van der Waals surface area contributed by atoms with Gasteiger partial charge in [0.15, 0.2) is 11.6 Å². The van der Waals surface area contributed by atoms with E-state index in [1.807, 2.05) is 60.7 Å². The number of carbonyl (C=O) groups excluding carboxylic acids is 1. The summed E-state index contributed by atoms with van der Waals surface area (Å²) < 4.78 is 28.3. The molecule has 1 N–H and O–H groups in total. The zero-order valence-corrected chi connectivity index (χ0v) is 15.3. The molecule has 0 atom stereocenters. The average Bonchev–Trinajstić information content (AvgIpc) is 3.16. The molecule has 0 saturated heterocycles. The van der Waals surface area contributed by atoms with E-state index in [2.05, 4.69) is 10.4 Å². The van der Waals surface area contributed by atoms with E-state index in [-0.39, 0.29) is 5.69 Å². The fourth-order valence-corrected chi connectivity index (χ4v) is 3.02. The highest BCUT2D eigenvalue weighted by molar-refractivity contribution is 6.08. The lowest BCUT2D eigenvalue weighted by Gasteiger charge is -2.06. The monoisotopic (exact) mass is 389 g/mol. The zero-order chi connectivity index (χ0) is 20.2. The number of rotatable bonds is 5. The van der Waals surface area contributed by atoms with E-state index in [0.717, 1.165) is 23.3 Å². The molecule has 0 aliphatic rings. The van der Waals surface area contributed by atoms with Crippen LogP contribution < -0.4 is 5.32 Å². The highest BCUT2D eigenvalue weighted by atomic mass is 19.2. The summed E-state index contributed by atoms with van der Waals surface area (Å²) >= 11 is 0. The first-order valence-corrected chi connectivity index (χ1v) is 9.03. The lowest BCUT2D eigenvalue weighted by atomic mass is 10.1. The van der Waals surface area contributed by atoms with Gasteiger partial charge in [0.2, 0.25) is 0 Å². The molecule has 1 amide bonds. The van der Waals surface area contributed by atoms with Gasteiger partial charge in [0.05, 0.1) is 12.1 Å². The van der Waals surface area contributed by atoms with Crippen molar-refractivity contribution in [1.82, 2.24) is 9.78 Å². The van der Waals surface area contributed by atoms with Gasteiger partial charge in [0.1, 0.15) is 5.69 Å². The normalized spacial score (nSPS) is 10.7. The Morgan fingerprint density at radius 1 is 0.897 bits per heavy atom. The van der Waals surface area contributed by atoms with Gasteiger partial charge in [0.25, 0.3) is 5.91 Å². The van der Waals surface area contributed by atoms with Crippen LogP contribution in [0, 0.1) is 11.6 Å². The second kappa shape index (κ2) is 8.06. The molecule has 0 saturated carbocycles. The molecule has 0 bridgehead atoms. The molecule has 4 aromatic rings. The zero-order valence-electron chi connectivity index (χ0n) is 15.3. The molecular formula is C23H17F2N3O. The maximum Gasteiger partial charge on any atom is 0.259 e. The molecule has 4 rings (SSSR count). The molecule has 3 aromatic carbocycles. The maximum absolute atomic E-state index is 13.5. The Labute approximate surface area is 166 Å². The number of carbonyl (C=O) groups is 1. The Hall–Kier alpha value is -3.80. The number of nitrogens with zero attached hydrogens (tertiary/aromatic N) is 2. The number of anilines is 1. The summed E-state index contributed by atoms with van der Waals surface area (Å²) in [4.78, 5) is 12.9. The van der Waals surface area contributed by atoms with Gasteiger partial charge in [-0.3, -0.25) is 9.48 Å². The topological polar surface area (TPSA) is 46.9 Å². The van der Waals surface area contributed by atoms with Crippen LogP contribution in [0.5, 0.6) is 0 Å². The number of amides is 1. The SMILES string of the molecule is O=C(Nc1ccc(F)c(F)c1)c1cn(Cc2ccccc2)nc1-c1ccccc1. The Bertz CT molecular complexity index is 1140. The molecule has 0 spiro atoms. The Morgan fingerprint density at radius 3 is 2.28 bits per heavy atom. The van der Waals surface area contributed by atoms with E-state index in [1.54, 1.807) is 10.9 Å². The highest BCUT2D eigenvalue weighted by Gasteiger charge is 2.19. The standard InChI is InChI=1S/C23H17F2N3O/c24-20-12-11-18(13-21(20)25)26-23(29)19-15-28(14-16-7-3-1-4-8-16)27-22(19)17-9-5-2-6-10-17/h1-13,15H,14H2,(H,26,29). The summed E-state index contributed by atoms with van der Waals surface area (Å²) in [6.45, 7) is 0.499. The Morgan fingerprint density at radius 2 is 1.59 bits per heavy atom. The van der Waals surface area contributed by atoms with Crippen LogP contribution in [0.1, 0.15) is 15.9 Å². The number of halogens is 2. The third-order valence-corrected chi connectivity index (χ3v) is 4.42. The first kappa shape index (κ1) is 18.6. The summed E-state index contributed by atoms with van der Waals surface area (Å²) in [6.07, 6.45) is 1.66. The van der Waals surface area contributed by atoms with E-state index >= 15 is 0 Å². The fraction of sp³-hybridized carbons (Fsp3) is 0.0435. The summed E-state index contributed by atoms with van der Waals surface area (Å²) in [7, 11) is 0. The lowest BCUT2D eigenvalue weighted by Crippen LogP contribution is -2.12. The smallest absolute Gasteiger partial charge is 0.259 e. The van der Waals surface area contributed by atoms with Gasteiger partial charge < -0.3 is 5.32 Å². The second-order valence-electron chi connectivity index (χ2n) is 6.52. The Kier molecular flexibility index (Phi) is 5.16. The van der Waals surface area contributed by atoms with Gasteiger partial charge in [-0.25, -0.2) is 8.78 Å². The molecule has 0 radical (unpaired) electrons. The quantitative estimate of drug-likeness (QED) is 0.514. The predicted octanol–water partition coefficient (Wildman–Crippen LogP) is 5.13. The van der Waals surface area contributed by atoms with Crippen molar-refractivity contribution in [3.05, 3.63) is 108 Å². The molecule has 6 heteroatoms. The van der Waals surface area contributed by atoms with E-state index in [4.69, 9.17) is 0 Å². The van der Waals surface area contributed by atoms with E-state index in [0.29, 0.717) is 17.8 Å². The van der Waals surface area contributed by atoms with Crippen molar-refractivity contribution in [3.63, 3.8) is 0 Å². The first-order chi connectivity index (χ1) is 14.1. The van der Waals surface area contributed by atoms with E-state index in [9.17, 15) is 13.6 Å². The summed E-state index contributed by atoms with van der Waals surface area (Å²) in [5.74, 6) is -2.44. The largest absolute Gasteiger partial charge is 0.322 e. The van der Waals surface area contributed by atoms with E-state index < -0.39 is 17.5 Å². The molecule has 1 aromatic heterocycles. The van der Waals surface area contributed by atoms with Crippen LogP contribution in [0.15, 0.2) is 85.1 Å². The number of hydrogen-bond donors (Lipinski definition) is 1. The van der Waals surface area contributed by atoms with Crippen LogP contribution in [0.4, 0.5) is 14.5 Å². The molecule has 0 unspecified atom stereocenters. The summed E-state index contributed by atoms with van der Waals surface area (Å²) in [5.41, 5.74) is 2.86. The first-order valence-electron chi connectivity index (χ1n) is 9.03. The van der Waals surface area contributed by atoms with Crippen molar-refractivity contribution < 1.29 is 13.6 Å². The molecule has 4 nitrogen and oxygen atoms in total. The molecule has 144 valence electrons. The van der Waals surface area contributed by atoms with Gasteiger partial charge in [-0.1, -0.05) is 60.7 Å². The predicted molar refractivity (Wildman–Crippen MR) is 108 cm³/mol. The average molecular weight is 389 g/mol. The van der Waals surface area contributed by atoms with Crippen molar-refractivity contribution >= 4 is 11.6 Å². The van der Waals surface area contributed by atoms with Crippen molar-refractivity contribution in [2.75, 3.05) is 5.32 Å². The minimum atomic E-state index is -1.02. The van der Waals surface area contributed by atoms with Crippen LogP contribution in [0.3, 0.4) is 0 Å². The van der Waals surface area contributed by atoms with Crippen molar-refractivity contribution in [1.29, 1.82) is 0 Å². The fourth-order valence-electron chi connectivity index (χ4n) is 3.02. The van der Waals surface area contributed by atoms with Crippen LogP contribution in [-0.2, 0) is 6.54 Å².